The second-order valence-electron chi connectivity index (χ2n) is 5.41. The van der Waals surface area contributed by atoms with E-state index in [4.69, 9.17) is 10.5 Å². The first-order valence-electron chi connectivity index (χ1n) is 7.08. The van der Waals surface area contributed by atoms with Gasteiger partial charge in [-0.3, -0.25) is 4.90 Å². The first-order valence-corrected chi connectivity index (χ1v) is 7.08. The van der Waals surface area contributed by atoms with Crippen molar-refractivity contribution < 1.29 is 13.5 Å². The van der Waals surface area contributed by atoms with Gasteiger partial charge in [-0.2, -0.15) is 0 Å². The molecule has 20 heavy (non-hydrogen) atoms. The highest BCUT2D eigenvalue weighted by Crippen LogP contribution is 2.22. The Labute approximate surface area is 118 Å². The number of ether oxygens (including phenoxy) is 1. The minimum absolute atomic E-state index is 0.141. The van der Waals surface area contributed by atoms with E-state index in [0.29, 0.717) is 13.2 Å². The molecule has 3 nitrogen and oxygen atoms in total. The summed E-state index contributed by atoms with van der Waals surface area (Å²) in [5.41, 5.74) is 6.30. The standard InChI is InChI=1S/C15H22F2N2O/c1-3-11-9-20-10(2)7-19(11)8-14(18)12-5-4-6-13(16)15(12)17/h4-6,10-11,14H,3,7-9,18H2,1-2H3. The highest BCUT2D eigenvalue weighted by atomic mass is 19.2. The van der Waals surface area contributed by atoms with Gasteiger partial charge in [0.05, 0.1) is 12.7 Å². The lowest BCUT2D eigenvalue weighted by atomic mass is 10.0. The van der Waals surface area contributed by atoms with Crippen molar-refractivity contribution in [1.82, 2.24) is 4.90 Å². The van der Waals surface area contributed by atoms with Gasteiger partial charge in [0.15, 0.2) is 11.6 Å². The molecule has 112 valence electrons. The summed E-state index contributed by atoms with van der Waals surface area (Å²) in [5.74, 6) is -1.69. The molecule has 2 rings (SSSR count). The summed E-state index contributed by atoms with van der Waals surface area (Å²) in [4.78, 5) is 2.21. The Hall–Kier alpha value is -1.04. The molecule has 1 aromatic carbocycles. The van der Waals surface area contributed by atoms with Gasteiger partial charge >= 0.3 is 0 Å². The fourth-order valence-electron chi connectivity index (χ4n) is 2.67. The molecular weight excluding hydrogens is 262 g/mol. The Balaban J connectivity index is 2.09. The van der Waals surface area contributed by atoms with Crippen LogP contribution in [0.25, 0.3) is 0 Å². The van der Waals surface area contributed by atoms with Crippen LogP contribution in [0.1, 0.15) is 31.9 Å². The Bertz CT molecular complexity index is 455. The number of hydrogen-bond acceptors (Lipinski definition) is 3. The molecule has 1 heterocycles. The van der Waals surface area contributed by atoms with Crippen LogP contribution in [0.3, 0.4) is 0 Å². The average Bonchev–Trinajstić information content (AvgIpc) is 2.42. The third kappa shape index (κ3) is 3.34. The molecule has 0 aromatic heterocycles. The molecule has 3 unspecified atom stereocenters. The normalized spacial score (nSPS) is 25.6. The number of benzene rings is 1. The number of nitrogens with two attached hydrogens (primary N) is 1. The van der Waals surface area contributed by atoms with Crippen LogP contribution in [0.5, 0.6) is 0 Å². The van der Waals surface area contributed by atoms with Crippen LogP contribution in [0.4, 0.5) is 8.78 Å². The zero-order valence-electron chi connectivity index (χ0n) is 12.0. The molecule has 2 N–H and O–H groups in total. The molecule has 0 amide bonds. The lowest BCUT2D eigenvalue weighted by Gasteiger charge is -2.39. The molecule has 5 heteroatoms. The van der Waals surface area contributed by atoms with E-state index in [2.05, 4.69) is 11.8 Å². The quantitative estimate of drug-likeness (QED) is 0.923. The topological polar surface area (TPSA) is 38.5 Å². The fourth-order valence-corrected chi connectivity index (χ4v) is 2.67. The van der Waals surface area contributed by atoms with E-state index in [0.717, 1.165) is 19.0 Å². The summed E-state index contributed by atoms with van der Waals surface area (Å²) >= 11 is 0. The Kier molecular flexibility index (Phi) is 5.07. The van der Waals surface area contributed by atoms with E-state index in [1.807, 2.05) is 6.92 Å². The van der Waals surface area contributed by atoms with Crippen molar-refractivity contribution in [3.8, 4) is 0 Å². The summed E-state index contributed by atoms with van der Waals surface area (Å²) in [5, 5.41) is 0. The van der Waals surface area contributed by atoms with Crippen molar-refractivity contribution in [1.29, 1.82) is 0 Å². The number of morpholine rings is 1. The first kappa shape index (κ1) is 15.4. The molecular formula is C15H22F2N2O. The highest BCUT2D eigenvalue weighted by Gasteiger charge is 2.28. The Morgan fingerprint density at radius 3 is 2.90 bits per heavy atom. The van der Waals surface area contributed by atoms with Crippen LogP contribution in [0, 0.1) is 11.6 Å². The molecule has 1 aliphatic heterocycles. The van der Waals surface area contributed by atoms with Gasteiger partial charge in [-0.15, -0.1) is 0 Å². The lowest BCUT2D eigenvalue weighted by molar-refractivity contribution is -0.0575. The van der Waals surface area contributed by atoms with Crippen molar-refractivity contribution in [3.05, 3.63) is 35.4 Å². The van der Waals surface area contributed by atoms with E-state index in [-0.39, 0.29) is 17.7 Å². The van der Waals surface area contributed by atoms with Gasteiger partial charge in [0.1, 0.15) is 0 Å². The smallest absolute Gasteiger partial charge is 0.163 e. The second-order valence-corrected chi connectivity index (χ2v) is 5.41. The van der Waals surface area contributed by atoms with E-state index in [1.165, 1.54) is 6.07 Å². The van der Waals surface area contributed by atoms with E-state index in [9.17, 15) is 8.78 Å². The zero-order chi connectivity index (χ0) is 14.7. The van der Waals surface area contributed by atoms with Crippen molar-refractivity contribution in [2.45, 2.75) is 38.5 Å². The number of hydrogen-bond donors (Lipinski definition) is 1. The highest BCUT2D eigenvalue weighted by molar-refractivity contribution is 5.22. The summed E-state index contributed by atoms with van der Waals surface area (Å²) in [6.45, 7) is 6.03. The third-order valence-electron chi connectivity index (χ3n) is 3.86. The first-order chi connectivity index (χ1) is 9.52. The zero-order valence-corrected chi connectivity index (χ0v) is 12.0. The van der Waals surface area contributed by atoms with Crippen LogP contribution < -0.4 is 5.73 Å². The van der Waals surface area contributed by atoms with Gasteiger partial charge < -0.3 is 10.5 Å². The molecule has 0 bridgehead atoms. The lowest BCUT2D eigenvalue weighted by Crippen LogP contribution is -2.50. The van der Waals surface area contributed by atoms with Crippen molar-refractivity contribution in [2.24, 2.45) is 5.73 Å². The molecule has 1 fully saturated rings. The van der Waals surface area contributed by atoms with E-state index < -0.39 is 17.7 Å². The predicted octanol–water partition coefficient (Wildman–Crippen LogP) is 2.46. The summed E-state index contributed by atoms with van der Waals surface area (Å²) in [7, 11) is 0. The molecule has 1 aliphatic rings. The third-order valence-corrected chi connectivity index (χ3v) is 3.86. The van der Waals surface area contributed by atoms with Crippen molar-refractivity contribution in [2.75, 3.05) is 19.7 Å². The predicted molar refractivity (Wildman–Crippen MR) is 74.4 cm³/mol. The monoisotopic (exact) mass is 284 g/mol. The van der Waals surface area contributed by atoms with E-state index in [1.54, 1.807) is 6.07 Å². The largest absolute Gasteiger partial charge is 0.376 e. The number of nitrogens with zero attached hydrogens (tertiary/aromatic N) is 1. The van der Waals surface area contributed by atoms with Crippen LogP contribution >= 0.6 is 0 Å². The van der Waals surface area contributed by atoms with Gasteiger partial charge in [-0.25, -0.2) is 8.78 Å². The van der Waals surface area contributed by atoms with Crippen LogP contribution in [0.2, 0.25) is 0 Å². The molecule has 0 radical (unpaired) electrons. The number of halogens is 2. The van der Waals surface area contributed by atoms with Gasteiger partial charge in [0.2, 0.25) is 0 Å². The maximum atomic E-state index is 13.8. The molecule has 1 aromatic rings. The average molecular weight is 284 g/mol. The Morgan fingerprint density at radius 1 is 1.45 bits per heavy atom. The molecule has 0 saturated carbocycles. The maximum absolute atomic E-state index is 13.8. The number of rotatable bonds is 4. The molecule has 0 aliphatic carbocycles. The molecule has 0 spiro atoms. The van der Waals surface area contributed by atoms with Crippen LogP contribution in [-0.4, -0.2) is 36.7 Å². The van der Waals surface area contributed by atoms with Gasteiger partial charge in [-0.1, -0.05) is 19.1 Å². The van der Waals surface area contributed by atoms with Gasteiger partial charge in [-0.05, 0) is 19.4 Å². The second kappa shape index (κ2) is 6.61. The van der Waals surface area contributed by atoms with Gasteiger partial charge in [0, 0.05) is 30.7 Å². The Morgan fingerprint density at radius 2 is 2.20 bits per heavy atom. The van der Waals surface area contributed by atoms with Crippen molar-refractivity contribution >= 4 is 0 Å². The van der Waals surface area contributed by atoms with Crippen molar-refractivity contribution in [3.63, 3.8) is 0 Å². The van der Waals surface area contributed by atoms with E-state index >= 15 is 0 Å². The fraction of sp³-hybridized carbons (Fsp3) is 0.600. The summed E-state index contributed by atoms with van der Waals surface area (Å²) < 4.78 is 32.6. The molecule has 1 saturated heterocycles. The van der Waals surface area contributed by atoms with Crippen LogP contribution in [-0.2, 0) is 4.74 Å². The molecule has 3 atom stereocenters. The summed E-state index contributed by atoms with van der Waals surface area (Å²) in [6.07, 6.45) is 1.09. The summed E-state index contributed by atoms with van der Waals surface area (Å²) in [6, 6.07) is 3.90. The van der Waals surface area contributed by atoms with Gasteiger partial charge in [0.25, 0.3) is 0 Å². The minimum Gasteiger partial charge on any atom is -0.376 e. The minimum atomic E-state index is -0.847. The van der Waals surface area contributed by atoms with Crippen LogP contribution in [0.15, 0.2) is 18.2 Å². The maximum Gasteiger partial charge on any atom is 0.163 e. The SMILES string of the molecule is CCC1COC(C)CN1CC(N)c1cccc(F)c1F.